The second-order valence-electron chi connectivity index (χ2n) is 7.24. The fourth-order valence-corrected chi connectivity index (χ4v) is 3.82. The molecule has 1 heterocycles. The molecule has 0 aromatic heterocycles. The van der Waals surface area contributed by atoms with Gasteiger partial charge in [0, 0.05) is 29.9 Å². The zero-order valence-corrected chi connectivity index (χ0v) is 16.0. The molecule has 3 aromatic carbocycles. The Morgan fingerprint density at radius 2 is 1.72 bits per heavy atom. The lowest BCUT2D eigenvalue weighted by atomic mass is 9.92. The average Bonchev–Trinajstić information content (AvgIpc) is 2.74. The molecule has 1 atom stereocenters. The molecule has 146 valence electrons. The fourth-order valence-electron chi connectivity index (χ4n) is 3.82. The maximum atomic E-state index is 13.4. The molecule has 1 aliphatic rings. The topological polar surface area (TPSA) is 75.5 Å². The maximum Gasteiger partial charge on any atom is 0.269 e. The summed E-state index contributed by atoms with van der Waals surface area (Å²) in [5.74, 6) is -0.0933. The van der Waals surface area contributed by atoms with E-state index in [9.17, 15) is 14.9 Å². The van der Waals surface area contributed by atoms with E-state index in [1.165, 1.54) is 12.1 Å². The summed E-state index contributed by atoms with van der Waals surface area (Å²) in [6, 6.07) is 23.8. The average molecular weight is 387 g/mol. The van der Waals surface area contributed by atoms with E-state index in [-0.39, 0.29) is 11.6 Å². The van der Waals surface area contributed by atoms with Crippen LogP contribution in [0.1, 0.15) is 28.4 Å². The van der Waals surface area contributed by atoms with Gasteiger partial charge in [0.15, 0.2) is 0 Å². The number of non-ortho nitro benzene ring substituents is 1. The second-order valence-corrected chi connectivity index (χ2v) is 7.24. The standard InChI is InChI=1S/C23H21N3O3/c1-23(18-10-7-11-19(16-18)26(28)29)24-21-13-6-5-12-20(21)22(27)25(23)15-14-17-8-3-2-4-9-17/h2-13,16,24H,14-15H2,1H3. The molecular formula is C23H21N3O3. The molecule has 1 N–H and O–H groups in total. The van der Waals surface area contributed by atoms with Crippen molar-refractivity contribution in [2.45, 2.75) is 19.0 Å². The lowest BCUT2D eigenvalue weighted by Gasteiger charge is -2.46. The summed E-state index contributed by atoms with van der Waals surface area (Å²) >= 11 is 0. The number of hydrogen-bond acceptors (Lipinski definition) is 4. The van der Waals surface area contributed by atoms with Gasteiger partial charge in [0.2, 0.25) is 0 Å². The van der Waals surface area contributed by atoms with Crippen molar-refractivity contribution in [3.8, 4) is 0 Å². The monoisotopic (exact) mass is 387 g/mol. The van der Waals surface area contributed by atoms with Crippen LogP contribution in [-0.2, 0) is 12.1 Å². The molecule has 0 radical (unpaired) electrons. The molecule has 29 heavy (non-hydrogen) atoms. The largest absolute Gasteiger partial charge is 0.358 e. The van der Waals surface area contributed by atoms with Gasteiger partial charge in [-0.2, -0.15) is 0 Å². The third kappa shape index (κ3) is 3.45. The highest BCUT2D eigenvalue weighted by atomic mass is 16.6. The summed E-state index contributed by atoms with van der Waals surface area (Å²) in [7, 11) is 0. The molecule has 1 unspecified atom stereocenters. The molecular weight excluding hydrogens is 366 g/mol. The number of rotatable bonds is 5. The van der Waals surface area contributed by atoms with Crippen molar-refractivity contribution in [3.05, 3.63) is 106 Å². The molecule has 0 spiro atoms. The van der Waals surface area contributed by atoms with Gasteiger partial charge in [0.05, 0.1) is 10.5 Å². The molecule has 0 saturated heterocycles. The third-order valence-electron chi connectivity index (χ3n) is 5.41. The molecule has 0 bridgehead atoms. The van der Waals surface area contributed by atoms with Crippen molar-refractivity contribution in [2.24, 2.45) is 0 Å². The molecule has 3 aromatic rings. The lowest BCUT2D eigenvalue weighted by Crippen LogP contribution is -2.56. The highest BCUT2D eigenvalue weighted by molar-refractivity contribution is 6.02. The Morgan fingerprint density at radius 3 is 2.48 bits per heavy atom. The van der Waals surface area contributed by atoms with Crippen LogP contribution < -0.4 is 5.32 Å². The van der Waals surface area contributed by atoms with Crippen molar-refractivity contribution in [1.29, 1.82) is 0 Å². The molecule has 1 aliphatic heterocycles. The number of nitrogens with zero attached hydrogens (tertiary/aromatic N) is 2. The second kappa shape index (κ2) is 7.39. The van der Waals surface area contributed by atoms with Crippen molar-refractivity contribution in [2.75, 3.05) is 11.9 Å². The van der Waals surface area contributed by atoms with Crippen LogP contribution in [0.2, 0.25) is 0 Å². The van der Waals surface area contributed by atoms with Crippen LogP contribution in [0, 0.1) is 10.1 Å². The first-order valence-electron chi connectivity index (χ1n) is 9.47. The number of fused-ring (bicyclic) bond motifs is 1. The van der Waals surface area contributed by atoms with Gasteiger partial charge in [-0.25, -0.2) is 0 Å². The normalized spacial score (nSPS) is 18.1. The number of anilines is 1. The Balaban J connectivity index is 1.76. The van der Waals surface area contributed by atoms with Crippen molar-refractivity contribution >= 4 is 17.3 Å². The number of carbonyl (C=O) groups excluding carboxylic acids is 1. The Hall–Kier alpha value is -3.67. The predicted octanol–water partition coefficient (Wildman–Crippen LogP) is 4.58. The highest BCUT2D eigenvalue weighted by Gasteiger charge is 2.42. The number of hydrogen-bond donors (Lipinski definition) is 1. The van der Waals surface area contributed by atoms with E-state index in [0.717, 1.165) is 11.3 Å². The van der Waals surface area contributed by atoms with E-state index in [0.29, 0.717) is 24.1 Å². The highest BCUT2D eigenvalue weighted by Crippen LogP contribution is 2.38. The van der Waals surface area contributed by atoms with Crippen LogP contribution in [0.4, 0.5) is 11.4 Å². The number of carbonyl (C=O) groups is 1. The van der Waals surface area contributed by atoms with E-state index in [1.807, 2.05) is 61.5 Å². The van der Waals surface area contributed by atoms with E-state index >= 15 is 0 Å². The quantitative estimate of drug-likeness (QED) is 0.514. The van der Waals surface area contributed by atoms with Crippen LogP contribution in [0.3, 0.4) is 0 Å². The molecule has 4 rings (SSSR count). The zero-order valence-electron chi connectivity index (χ0n) is 16.0. The summed E-state index contributed by atoms with van der Waals surface area (Å²) in [6.45, 7) is 2.37. The summed E-state index contributed by atoms with van der Waals surface area (Å²) in [5.41, 5.74) is 2.21. The first-order valence-corrected chi connectivity index (χ1v) is 9.47. The molecule has 0 saturated carbocycles. The third-order valence-corrected chi connectivity index (χ3v) is 5.41. The molecule has 0 fully saturated rings. The van der Waals surface area contributed by atoms with Gasteiger partial charge >= 0.3 is 0 Å². The molecule has 6 nitrogen and oxygen atoms in total. The van der Waals surface area contributed by atoms with Crippen LogP contribution in [0.5, 0.6) is 0 Å². The van der Waals surface area contributed by atoms with Crippen molar-refractivity contribution in [1.82, 2.24) is 4.90 Å². The Kier molecular flexibility index (Phi) is 4.76. The van der Waals surface area contributed by atoms with Gasteiger partial charge in [-0.15, -0.1) is 0 Å². The first kappa shape index (κ1) is 18.7. The minimum absolute atomic E-state index is 0.000146. The SMILES string of the molecule is CC1(c2cccc([N+](=O)[O-])c2)Nc2ccccc2C(=O)N1CCc1ccccc1. The van der Waals surface area contributed by atoms with E-state index in [4.69, 9.17) is 0 Å². The molecule has 0 aliphatic carbocycles. The van der Waals surface area contributed by atoms with Crippen molar-refractivity contribution in [3.63, 3.8) is 0 Å². The van der Waals surface area contributed by atoms with Crippen LogP contribution in [-0.4, -0.2) is 22.3 Å². The van der Waals surface area contributed by atoms with Crippen molar-refractivity contribution < 1.29 is 9.72 Å². The minimum Gasteiger partial charge on any atom is -0.358 e. The van der Waals surface area contributed by atoms with Gasteiger partial charge in [0.1, 0.15) is 5.66 Å². The van der Waals surface area contributed by atoms with E-state index < -0.39 is 10.6 Å². The number of nitro benzene ring substituents is 1. The van der Waals surface area contributed by atoms with Crippen LogP contribution in [0.15, 0.2) is 78.9 Å². The summed E-state index contributed by atoms with van der Waals surface area (Å²) < 4.78 is 0. The zero-order chi connectivity index (χ0) is 20.4. The van der Waals surface area contributed by atoms with Crippen LogP contribution >= 0.6 is 0 Å². The number of amides is 1. The number of nitro groups is 1. The van der Waals surface area contributed by atoms with Gasteiger partial charge in [0.25, 0.3) is 11.6 Å². The summed E-state index contributed by atoms with van der Waals surface area (Å²) in [5, 5.41) is 14.8. The van der Waals surface area contributed by atoms with Gasteiger partial charge in [-0.05, 0) is 31.0 Å². The number of para-hydroxylation sites is 1. The smallest absolute Gasteiger partial charge is 0.269 e. The number of benzene rings is 3. The van der Waals surface area contributed by atoms with Gasteiger partial charge in [-0.3, -0.25) is 14.9 Å². The molecule has 6 heteroatoms. The van der Waals surface area contributed by atoms with E-state index in [1.54, 1.807) is 17.0 Å². The Morgan fingerprint density at radius 1 is 1.00 bits per heavy atom. The lowest BCUT2D eigenvalue weighted by molar-refractivity contribution is -0.385. The molecule has 1 amide bonds. The summed E-state index contributed by atoms with van der Waals surface area (Å²) in [4.78, 5) is 26.0. The fraction of sp³-hybridized carbons (Fsp3) is 0.174. The predicted molar refractivity (Wildman–Crippen MR) is 112 cm³/mol. The Labute approximate surface area is 168 Å². The van der Waals surface area contributed by atoms with Crippen LogP contribution in [0.25, 0.3) is 0 Å². The Bertz CT molecular complexity index is 1070. The number of nitrogens with one attached hydrogen (secondary N) is 1. The van der Waals surface area contributed by atoms with Gasteiger partial charge < -0.3 is 10.2 Å². The van der Waals surface area contributed by atoms with Gasteiger partial charge in [-0.1, -0.05) is 54.6 Å². The maximum absolute atomic E-state index is 13.4. The first-order chi connectivity index (χ1) is 14.0. The summed E-state index contributed by atoms with van der Waals surface area (Å²) in [6.07, 6.45) is 0.681. The van der Waals surface area contributed by atoms with E-state index in [2.05, 4.69) is 5.32 Å². The minimum atomic E-state index is -0.910.